The zero-order valence-corrected chi connectivity index (χ0v) is 10.9. The SMILES string of the molecule is CCCNCC(=O)N(Cc1ccncc1)C1CC1. The summed E-state index contributed by atoms with van der Waals surface area (Å²) >= 11 is 0. The predicted octanol–water partition coefficient (Wildman–Crippen LogP) is 1.57. The summed E-state index contributed by atoms with van der Waals surface area (Å²) in [6.07, 6.45) is 6.90. The first-order chi connectivity index (χ1) is 8.81. The maximum atomic E-state index is 12.2. The van der Waals surface area contributed by atoms with E-state index < -0.39 is 0 Å². The highest BCUT2D eigenvalue weighted by atomic mass is 16.2. The number of pyridine rings is 1. The number of carbonyl (C=O) groups excluding carboxylic acids is 1. The molecular weight excluding hydrogens is 226 g/mol. The van der Waals surface area contributed by atoms with Crippen LogP contribution in [0.4, 0.5) is 0 Å². The second-order valence-corrected chi connectivity index (χ2v) is 4.79. The van der Waals surface area contributed by atoms with Gasteiger partial charge >= 0.3 is 0 Å². The number of amides is 1. The number of carbonyl (C=O) groups is 1. The van der Waals surface area contributed by atoms with Crippen molar-refractivity contribution in [2.45, 2.75) is 38.8 Å². The van der Waals surface area contributed by atoms with E-state index in [2.05, 4.69) is 17.2 Å². The Balaban J connectivity index is 1.89. The lowest BCUT2D eigenvalue weighted by Gasteiger charge is -2.22. The minimum Gasteiger partial charge on any atom is -0.334 e. The van der Waals surface area contributed by atoms with Crippen LogP contribution in [-0.2, 0) is 11.3 Å². The van der Waals surface area contributed by atoms with Gasteiger partial charge in [-0.2, -0.15) is 0 Å². The third kappa shape index (κ3) is 3.81. The molecule has 1 N–H and O–H groups in total. The summed E-state index contributed by atoms with van der Waals surface area (Å²) in [7, 11) is 0. The van der Waals surface area contributed by atoms with Crippen LogP contribution in [0, 0.1) is 0 Å². The van der Waals surface area contributed by atoms with Crippen LogP contribution in [0.3, 0.4) is 0 Å². The van der Waals surface area contributed by atoms with E-state index in [1.807, 2.05) is 17.0 Å². The molecule has 4 heteroatoms. The molecule has 0 aliphatic heterocycles. The highest BCUT2D eigenvalue weighted by Gasteiger charge is 2.32. The Labute approximate surface area is 108 Å². The largest absolute Gasteiger partial charge is 0.334 e. The van der Waals surface area contributed by atoms with Crippen LogP contribution in [0.5, 0.6) is 0 Å². The number of rotatable bonds is 7. The van der Waals surface area contributed by atoms with Gasteiger partial charge in [-0.05, 0) is 43.5 Å². The molecule has 0 spiro atoms. The highest BCUT2D eigenvalue weighted by molar-refractivity contribution is 5.78. The average molecular weight is 247 g/mol. The van der Waals surface area contributed by atoms with Crippen molar-refractivity contribution in [2.75, 3.05) is 13.1 Å². The molecule has 0 aromatic carbocycles. The van der Waals surface area contributed by atoms with Gasteiger partial charge in [-0.25, -0.2) is 0 Å². The van der Waals surface area contributed by atoms with Crippen molar-refractivity contribution in [3.05, 3.63) is 30.1 Å². The maximum absolute atomic E-state index is 12.2. The van der Waals surface area contributed by atoms with Gasteiger partial charge in [0.25, 0.3) is 0 Å². The van der Waals surface area contributed by atoms with Gasteiger partial charge in [-0.3, -0.25) is 9.78 Å². The molecule has 1 saturated carbocycles. The third-order valence-electron chi connectivity index (χ3n) is 3.11. The van der Waals surface area contributed by atoms with Crippen LogP contribution in [-0.4, -0.2) is 34.9 Å². The van der Waals surface area contributed by atoms with Crippen LogP contribution in [0.2, 0.25) is 0 Å². The monoisotopic (exact) mass is 247 g/mol. The van der Waals surface area contributed by atoms with Gasteiger partial charge in [0.05, 0.1) is 6.54 Å². The predicted molar refractivity (Wildman–Crippen MR) is 71.0 cm³/mol. The van der Waals surface area contributed by atoms with Crippen molar-refractivity contribution < 1.29 is 4.79 Å². The normalized spacial score (nSPS) is 14.5. The second kappa shape index (κ2) is 6.50. The van der Waals surface area contributed by atoms with E-state index in [1.54, 1.807) is 12.4 Å². The zero-order valence-electron chi connectivity index (χ0n) is 10.9. The van der Waals surface area contributed by atoms with Gasteiger partial charge < -0.3 is 10.2 Å². The summed E-state index contributed by atoms with van der Waals surface area (Å²) in [5.41, 5.74) is 1.15. The van der Waals surface area contributed by atoms with E-state index in [0.29, 0.717) is 19.1 Å². The van der Waals surface area contributed by atoms with Crippen molar-refractivity contribution in [1.82, 2.24) is 15.2 Å². The summed E-state index contributed by atoms with van der Waals surface area (Å²) in [4.78, 5) is 18.2. The highest BCUT2D eigenvalue weighted by Crippen LogP contribution is 2.28. The standard InChI is InChI=1S/C14H21N3O/c1-2-7-16-10-14(18)17(13-3-4-13)11-12-5-8-15-9-6-12/h5-6,8-9,13,16H,2-4,7,10-11H2,1H3. The first-order valence-corrected chi connectivity index (χ1v) is 6.70. The lowest BCUT2D eigenvalue weighted by molar-refractivity contribution is -0.131. The van der Waals surface area contributed by atoms with Gasteiger partial charge in [0.15, 0.2) is 0 Å². The van der Waals surface area contributed by atoms with Crippen molar-refractivity contribution in [2.24, 2.45) is 0 Å². The molecule has 0 atom stereocenters. The Morgan fingerprint density at radius 3 is 2.78 bits per heavy atom. The molecular formula is C14H21N3O. The van der Waals surface area contributed by atoms with E-state index in [0.717, 1.165) is 31.4 Å². The van der Waals surface area contributed by atoms with Crippen LogP contribution < -0.4 is 5.32 Å². The fourth-order valence-corrected chi connectivity index (χ4v) is 1.97. The minimum atomic E-state index is 0.211. The number of aromatic nitrogens is 1. The topological polar surface area (TPSA) is 45.2 Å². The Bertz CT molecular complexity index is 376. The molecule has 0 saturated heterocycles. The minimum absolute atomic E-state index is 0.211. The lowest BCUT2D eigenvalue weighted by Crippen LogP contribution is -2.39. The second-order valence-electron chi connectivity index (χ2n) is 4.79. The maximum Gasteiger partial charge on any atom is 0.237 e. The molecule has 1 heterocycles. The molecule has 0 bridgehead atoms. The average Bonchev–Trinajstić information content (AvgIpc) is 3.21. The van der Waals surface area contributed by atoms with E-state index in [9.17, 15) is 4.79 Å². The number of nitrogens with one attached hydrogen (secondary N) is 1. The first kappa shape index (κ1) is 13.0. The Morgan fingerprint density at radius 2 is 2.17 bits per heavy atom. The smallest absolute Gasteiger partial charge is 0.237 e. The Kier molecular flexibility index (Phi) is 4.70. The molecule has 1 aromatic heterocycles. The van der Waals surface area contributed by atoms with Gasteiger partial charge in [-0.15, -0.1) is 0 Å². The first-order valence-electron chi connectivity index (χ1n) is 6.70. The van der Waals surface area contributed by atoms with Gasteiger partial charge in [-0.1, -0.05) is 6.92 Å². The fraction of sp³-hybridized carbons (Fsp3) is 0.571. The van der Waals surface area contributed by atoms with Crippen molar-refractivity contribution in [3.63, 3.8) is 0 Å². The molecule has 98 valence electrons. The molecule has 18 heavy (non-hydrogen) atoms. The molecule has 2 rings (SSSR count). The Hall–Kier alpha value is -1.42. The Morgan fingerprint density at radius 1 is 1.44 bits per heavy atom. The number of hydrogen-bond acceptors (Lipinski definition) is 3. The van der Waals surface area contributed by atoms with Crippen molar-refractivity contribution in [3.8, 4) is 0 Å². The van der Waals surface area contributed by atoms with E-state index in [1.165, 1.54) is 0 Å². The third-order valence-corrected chi connectivity index (χ3v) is 3.11. The molecule has 1 amide bonds. The van der Waals surface area contributed by atoms with Crippen molar-refractivity contribution >= 4 is 5.91 Å². The molecule has 4 nitrogen and oxygen atoms in total. The van der Waals surface area contributed by atoms with Gasteiger partial charge in [0, 0.05) is 25.0 Å². The van der Waals surface area contributed by atoms with E-state index in [-0.39, 0.29) is 5.91 Å². The van der Waals surface area contributed by atoms with Crippen LogP contribution in [0.15, 0.2) is 24.5 Å². The summed E-state index contributed by atoms with van der Waals surface area (Å²) in [5.74, 6) is 0.211. The van der Waals surface area contributed by atoms with Crippen molar-refractivity contribution in [1.29, 1.82) is 0 Å². The van der Waals surface area contributed by atoms with Crippen LogP contribution in [0.25, 0.3) is 0 Å². The fourth-order valence-electron chi connectivity index (χ4n) is 1.97. The molecule has 1 aromatic rings. The molecule has 1 fully saturated rings. The summed E-state index contributed by atoms with van der Waals surface area (Å²) in [5, 5.41) is 3.18. The number of nitrogens with zero attached hydrogens (tertiary/aromatic N) is 2. The molecule has 0 radical (unpaired) electrons. The van der Waals surface area contributed by atoms with Crippen LogP contribution >= 0.6 is 0 Å². The van der Waals surface area contributed by atoms with E-state index >= 15 is 0 Å². The molecule has 1 aliphatic rings. The molecule has 0 unspecified atom stereocenters. The van der Waals surface area contributed by atoms with Gasteiger partial charge in [0.2, 0.25) is 5.91 Å². The van der Waals surface area contributed by atoms with Gasteiger partial charge in [0.1, 0.15) is 0 Å². The zero-order chi connectivity index (χ0) is 12.8. The van der Waals surface area contributed by atoms with Crippen LogP contribution in [0.1, 0.15) is 31.7 Å². The lowest BCUT2D eigenvalue weighted by atomic mass is 10.2. The number of hydrogen-bond donors (Lipinski definition) is 1. The summed E-state index contributed by atoms with van der Waals surface area (Å²) < 4.78 is 0. The summed E-state index contributed by atoms with van der Waals surface area (Å²) in [6, 6.07) is 4.40. The molecule has 1 aliphatic carbocycles. The quantitative estimate of drug-likeness (QED) is 0.744. The summed E-state index contributed by atoms with van der Waals surface area (Å²) in [6.45, 7) is 4.17. The van der Waals surface area contributed by atoms with E-state index in [4.69, 9.17) is 0 Å².